The molecule has 0 saturated heterocycles. The molecule has 1 atom stereocenters. The van der Waals surface area contributed by atoms with Crippen LogP contribution in [0.15, 0.2) is 48.5 Å². The Kier molecular flexibility index (Phi) is 14.6. The Morgan fingerprint density at radius 2 is 1.58 bits per heavy atom. The predicted octanol–water partition coefficient (Wildman–Crippen LogP) is 3.28. The van der Waals surface area contributed by atoms with E-state index in [4.69, 9.17) is 4.74 Å². The number of ether oxygens (including phenoxy) is 1. The number of nitrogens with one attached hydrogen (secondary N) is 1. The molecular formula is C25H39NO5. The first kappa shape index (κ1) is 27.1. The third kappa shape index (κ3) is 11.3. The summed E-state index contributed by atoms with van der Waals surface area (Å²) in [4.78, 5) is 0. The molecule has 2 aromatic carbocycles. The van der Waals surface area contributed by atoms with Crippen LogP contribution >= 0.6 is 0 Å². The zero-order valence-corrected chi connectivity index (χ0v) is 18.4. The average Bonchev–Trinajstić information content (AvgIpc) is 2.77. The van der Waals surface area contributed by atoms with E-state index in [2.05, 4.69) is 35.6 Å². The van der Waals surface area contributed by atoms with Crippen molar-refractivity contribution in [3.05, 3.63) is 65.2 Å². The van der Waals surface area contributed by atoms with Gasteiger partial charge in [-0.15, -0.1) is 0 Å². The molecule has 6 nitrogen and oxygen atoms in total. The number of rotatable bonds is 16. The van der Waals surface area contributed by atoms with Crippen molar-refractivity contribution in [2.45, 2.75) is 57.7 Å². The highest BCUT2D eigenvalue weighted by Crippen LogP contribution is 2.22. The molecule has 6 N–H and O–H groups in total. The molecule has 0 aliphatic carbocycles. The first-order valence-electron chi connectivity index (χ1n) is 11.1. The zero-order valence-electron chi connectivity index (χ0n) is 18.4. The molecule has 0 heterocycles. The highest BCUT2D eigenvalue weighted by molar-refractivity contribution is 5.36. The van der Waals surface area contributed by atoms with Crippen molar-refractivity contribution in [3.63, 3.8) is 0 Å². The Balaban J connectivity index is 0.00000480. The number of hydrogen-bond acceptors (Lipinski definition) is 5. The van der Waals surface area contributed by atoms with Crippen LogP contribution in [0.1, 0.15) is 61.3 Å². The van der Waals surface area contributed by atoms with E-state index >= 15 is 0 Å². The fourth-order valence-corrected chi connectivity index (χ4v) is 3.38. The largest absolute Gasteiger partial charge is 0.508 e. The number of aromatic hydroxyl groups is 1. The summed E-state index contributed by atoms with van der Waals surface area (Å²) in [5, 5.41) is 32.3. The predicted molar refractivity (Wildman–Crippen MR) is 124 cm³/mol. The number of unbranched alkanes of at least 4 members (excludes halogenated alkanes) is 4. The van der Waals surface area contributed by atoms with Crippen LogP contribution < -0.4 is 5.32 Å². The van der Waals surface area contributed by atoms with Crippen LogP contribution in [0.5, 0.6) is 5.75 Å². The van der Waals surface area contributed by atoms with E-state index in [0.29, 0.717) is 17.7 Å². The molecular weight excluding hydrogens is 394 g/mol. The van der Waals surface area contributed by atoms with Gasteiger partial charge < -0.3 is 30.8 Å². The lowest BCUT2D eigenvalue weighted by atomic mass is 10.1. The van der Waals surface area contributed by atoms with Gasteiger partial charge in [0.25, 0.3) is 0 Å². The van der Waals surface area contributed by atoms with Gasteiger partial charge in [0.2, 0.25) is 0 Å². The second-order valence-electron chi connectivity index (χ2n) is 7.74. The topological polar surface area (TPSA) is 113 Å². The van der Waals surface area contributed by atoms with Crippen molar-refractivity contribution in [1.29, 1.82) is 0 Å². The maximum absolute atomic E-state index is 10.2. The smallest absolute Gasteiger partial charge is 0.121 e. The summed E-state index contributed by atoms with van der Waals surface area (Å²) in [7, 11) is 0. The minimum absolute atomic E-state index is 0. The molecule has 31 heavy (non-hydrogen) atoms. The zero-order chi connectivity index (χ0) is 21.4. The number of aliphatic hydroxyl groups is 2. The second kappa shape index (κ2) is 16.7. The van der Waals surface area contributed by atoms with Gasteiger partial charge in [-0.25, -0.2) is 0 Å². The van der Waals surface area contributed by atoms with E-state index in [1.54, 1.807) is 12.1 Å². The lowest BCUT2D eigenvalue weighted by Crippen LogP contribution is -2.22. The molecule has 0 aliphatic rings. The summed E-state index contributed by atoms with van der Waals surface area (Å²) in [6, 6.07) is 15.4. The first-order chi connectivity index (χ1) is 14.7. The summed E-state index contributed by atoms with van der Waals surface area (Å²) in [6.07, 6.45) is 7.24. The van der Waals surface area contributed by atoms with Crippen molar-refractivity contribution < 1.29 is 25.5 Å². The van der Waals surface area contributed by atoms with E-state index in [-0.39, 0.29) is 17.8 Å². The maximum Gasteiger partial charge on any atom is 0.121 e. The SMILES string of the molecule is O.OCc1cc(C(O)CNCCCCCCOCCCCc2ccccc2)ccc1O. The number of aliphatic hydroxyl groups excluding tert-OH is 2. The van der Waals surface area contributed by atoms with Crippen LogP contribution in [0.3, 0.4) is 0 Å². The second-order valence-corrected chi connectivity index (χ2v) is 7.74. The average molecular weight is 434 g/mol. The molecule has 1 unspecified atom stereocenters. The van der Waals surface area contributed by atoms with Gasteiger partial charge >= 0.3 is 0 Å². The number of phenols is 1. The van der Waals surface area contributed by atoms with E-state index in [1.165, 1.54) is 18.1 Å². The molecule has 2 aromatic rings. The number of hydrogen-bond donors (Lipinski definition) is 4. The molecule has 0 radical (unpaired) electrons. The number of aryl methyl sites for hydroxylation is 1. The Labute approximate surface area is 186 Å². The van der Waals surface area contributed by atoms with Gasteiger partial charge in [-0.1, -0.05) is 49.2 Å². The Morgan fingerprint density at radius 3 is 2.32 bits per heavy atom. The van der Waals surface area contributed by atoms with Crippen LogP contribution in [0.4, 0.5) is 0 Å². The van der Waals surface area contributed by atoms with Crippen LogP contribution in [0.25, 0.3) is 0 Å². The fraction of sp³-hybridized carbons (Fsp3) is 0.520. The third-order valence-electron chi connectivity index (χ3n) is 5.24. The summed E-state index contributed by atoms with van der Waals surface area (Å²) >= 11 is 0. The van der Waals surface area contributed by atoms with Gasteiger partial charge in [0.1, 0.15) is 5.75 Å². The van der Waals surface area contributed by atoms with Gasteiger partial charge in [-0.05, 0) is 61.9 Å². The highest BCUT2D eigenvalue weighted by Gasteiger charge is 2.09. The van der Waals surface area contributed by atoms with Gasteiger partial charge in [0, 0.05) is 25.3 Å². The minimum atomic E-state index is -0.647. The van der Waals surface area contributed by atoms with Crippen molar-refractivity contribution in [1.82, 2.24) is 5.32 Å². The van der Waals surface area contributed by atoms with Gasteiger partial charge in [-0.2, -0.15) is 0 Å². The first-order valence-corrected chi connectivity index (χ1v) is 11.1. The molecule has 0 amide bonds. The molecule has 0 aromatic heterocycles. The van der Waals surface area contributed by atoms with Crippen molar-refractivity contribution in [2.75, 3.05) is 26.3 Å². The molecule has 2 rings (SSSR count). The Hall–Kier alpha value is -1.96. The normalized spacial score (nSPS) is 11.8. The van der Waals surface area contributed by atoms with Crippen molar-refractivity contribution >= 4 is 0 Å². The highest BCUT2D eigenvalue weighted by atomic mass is 16.5. The molecule has 174 valence electrons. The summed E-state index contributed by atoms with van der Waals surface area (Å²) in [5.41, 5.74) is 2.53. The van der Waals surface area contributed by atoms with E-state index in [1.807, 2.05) is 0 Å². The van der Waals surface area contributed by atoms with Crippen LogP contribution in [-0.2, 0) is 17.8 Å². The Morgan fingerprint density at radius 1 is 0.871 bits per heavy atom. The maximum atomic E-state index is 10.2. The minimum Gasteiger partial charge on any atom is -0.508 e. The van der Waals surface area contributed by atoms with Gasteiger partial charge in [-0.3, -0.25) is 0 Å². The number of benzene rings is 2. The molecule has 0 fully saturated rings. The molecule has 6 heteroatoms. The van der Waals surface area contributed by atoms with Crippen LogP contribution in [0, 0.1) is 0 Å². The molecule has 0 aliphatic heterocycles. The van der Waals surface area contributed by atoms with E-state index < -0.39 is 6.10 Å². The van der Waals surface area contributed by atoms with Crippen molar-refractivity contribution in [2.24, 2.45) is 0 Å². The van der Waals surface area contributed by atoms with Gasteiger partial charge in [0.05, 0.1) is 12.7 Å². The third-order valence-corrected chi connectivity index (χ3v) is 5.24. The monoisotopic (exact) mass is 433 g/mol. The van der Waals surface area contributed by atoms with Crippen molar-refractivity contribution in [3.8, 4) is 5.75 Å². The lowest BCUT2D eigenvalue weighted by molar-refractivity contribution is 0.126. The standard InChI is InChI=1S/C25H37NO4.H2O/c27-20-23-18-22(13-14-24(23)28)25(29)19-26-15-7-1-2-8-16-30-17-9-6-12-21-10-4-3-5-11-21;/h3-5,10-11,13-14,18,25-29H,1-2,6-9,12,15-17,19-20H2;1H2. The fourth-order valence-electron chi connectivity index (χ4n) is 3.38. The molecule has 0 saturated carbocycles. The molecule has 0 spiro atoms. The summed E-state index contributed by atoms with van der Waals surface area (Å²) in [5.74, 6) is 0.0533. The van der Waals surface area contributed by atoms with Gasteiger partial charge in [0.15, 0.2) is 0 Å². The lowest BCUT2D eigenvalue weighted by Gasteiger charge is -2.14. The quantitative estimate of drug-likeness (QED) is 0.303. The van der Waals surface area contributed by atoms with Crippen LogP contribution in [0.2, 0.25) is 0 Å². The van der Waals surface area contributed by atoms with E-state index in [9.17, 15) is 15.3 Å². The van der Waals surface area contributed by atoms with E-state index in [0.717, 1.165) is 58.3 Å². The molecule has 0 bridgehead atoms. The summed E-state index contributed by atoms with van der Waals surface area (Å²) in [6.45, 7) is 2.77. The summed E-state index contributed by atoms with van der Waals surface area (Å²) < 4.78 is 5.72. The Bertz CT molecular complexity index is 696. The van der Waals surface area contributed by atoms with Crippen LogP contribution in [-0.4, -0.2) is 47.1 Å².